The summed E-state index contributed by atoms with van der Waals surface area (Å²) in [6.07, 6.45) is 5.45. The van der Waals surface area contributed by atoms with Gasteiger partial charge < -0.3 is 10.4 Å². The third-order valence-electron chi connectivity index (χ3n) is 5.69. The number of benzene rings is 2. The van der Waals surface area contributed by atoms with Crippen molar-refractivity contribution >= 4 is 35.1 Å². The first kappa shape index (κ1) is 22.7. The van der Waals surface area contributed by atoms with Crippen molar-refractivity contribution in [3.63, 3.8) is 0 Å². The molecule has 6 nitrogen and oxygen atoms in total. The van der Waals surface area contributed by atoms with Crippen LogP contribution in [0.15, 0.2) is 48.5 Å². The summed E-state index contributed by atoms with van der Waals surface area (Å²) in [6, 6.07) is 11.9. The molecule has 1 amide bonds. The molecule has 0 unspecified atom stereocenters. The molecule has 1 aromatic heterocycles. The Morgan fingerprint density at radius 2 is 1.82 bits per heavy atom. The number of aliphatic carboxylic acids is 1. The zero-order chi connectivity index (χ0) is 23.4. The lowest BCUT2D eigenvalue weighted by molar-refractivity contribution is -0.139. The van der Waals surface area contributed by atoms with Crippen LogP contribution in [-0.2, 0) is 17.6 Å². The van der Waals surface area contributed by atoms with Gasteiger partial charge in [-0.05, 0) is 72.7 Å². The van der Waals surface area contributed by atoms with E-state index in [1.54, 1.807) is 0 Å². The van der Waals surface area contributed by atoms with Crippen LogP contribution in [0.5, 0.6) is 0 Å². The minimum Gasteiger partial charge on any atom is -0.480 e. The number of carboxylic acids is 1. The number of H-pyrrole nitrogens is 1. The van der Waals surface area contributed by atoms with Crippen molar-refractivity contribution in [2.24, 2.45) is 0 Å². The lowest BCUT2D eigenvalue weighted by Crippen LogP contribution is -2.42. The van der Waals surface area contributed by atoms with Gasteiger partial charge in [0.25, 0.3) is 5.91 Å². The van der Waals surface area contributed by atoms with Crippen LogP contribution in [0, 0.1) is 5.82 Å². The summed E-state index contributed by atoms with van der Waals surface area (Å²) < 4.78 is 13.2. The van der Waals surface area contributed by atoms with Gasteiger partial charge in [-0.2, -0.15) is 5.10 Å². The Morgan fingerprint density at radius 3 is 2.52 bits per heavy atom. The van der Waals surface area contributed by atoms with E-state index in [4.69, 9.17) is 11.6 Å². The Balaban J connectivity index is 1.57. The van der Waals surface area contributed by atoms with E-state index >= 15 is 0 Å². The molecule has 3 aromatic rings. The van der Waals surface area contributed by atoms with E-state index in [1.165, 1.54) is 24.3 Å². The molecule has 2 aromatic carbocycles. The lowest BCUT2D eigenvalue weighted by Gasteiger charge is -2.14. The number of aromatic nitrogens is 2. The molecule has 0 aliphatic heterocycles. The molecule has 0 fully saturated rings. The number of carbonyl (C=O) groups excluding carboxylic acids is 1. The van der Waals surface area contributed by atoms with E-state index in [2.05, 4.69) is 21.6 Å². The number of fused-ring (bicyclic) bond motifs is 1. The number of nitrogens with one attached hydrogen (secondary N) is 2. The van der Waals surface area contributed by atoms with E-state index in [1.807, 2.05) is 24.3 Å². The molecule has 0 saturated heterocycles. The fourth-order valence-corrected chi connectivity index (χ4v) is 4.12. The summed E-state index contributed by atoms with van der Waals surface area (Å²) in [6.45, 7) is 0. The minimum atomic E-state index is -1.17. The number of allylic oxidation sites excluding steroid dienone is 1. The molecule has 1 aliphatic rings. The molecule has 8 heteroatoms. The molecular weight excluding hydrogens is 445 g/mol. The normalized spacial score (nSPS) is 15.5. The standard InChI is InChI=1S/C25H23ClFN3O3/c26-18-9-5-15(6-10-18)13-17-3-1-2-4-20-22(17)29-30-23(20)24(31)28-21(25(32)33)14-16-7-11-19(27)12-8-16/h5-13,21H,1-4,14H2,(H,28,31)(H,29,30)(H,32,33)/b17-13+/t21-/m1/s1. The van der Waals surface area contributed by atoms with Crippen LogP contribution in [0.2, 0.25) is 5.02 Å². The van der Waals surface area contributed by atoms with Crippen molar-refractivity contribution in [1.82, 2.24) is 15.5 Å². The van der Waals surface area contributed by atoms with Gasteiger partial charge >= 0.3 is 5.97 Å². The maximum atomic E-state index is 13.2. The highest BCUT2D eigenvalue weighted by Crippen LogP contribution is 2.31. The van der Waals surface area contributed by atoms with Crippen LogP contribution in [-0.4, -0.2) is 33.2 Å². The number of hydrogen-bond donors (Lipinski definition) is 3. The lowest BCUT2D eigenvalue weighted by atomic mass is 10.0. The first-order valence-corrected chi connectivity index (χ1v) is 11.1. The fourth-order valence-electron chi connectivity index (χ4n) is 3.99. The van der Waals surface area contributed by atoms with Crippen LogP contribution in [0.25, 0.3) is 11.6 Å². The summed E-state index contributed by atoms with van der Waals surface area (Å²) in [4.78, 5) is 24.8. The second kappa shape index (κ2) is 10.0. The Hall–Kier alpha value is -3.45. The van der Waals surface area contributed by atoms with E-state index in [9.17, 15) is 19.1 Å². The first-order chi connectivity index (χ1) is 15.9. The Morgan fingerprint density at radius 1 is 1.12 bits per heavy atom. The van der Waals surface area contributed by atoms with Gasteiger partial charge in [-0.15, -0.1) is 0 Å². The smallest absolute Gasteiger partial charge is 0.326 e. The second-order valence-electron chi connectivity index (χ2n) is 8.05. The summed E-state index contributed by atoms with van der Waals surface area (Å²) >= 11 is 5.98. The molecule has 170 valence electrons. The molecular formula is C25H23ClFN3O3. The van der Waals surface area contributed by atoms with E-state index in [0.29, 0.717) is 17.0 Å². The maximum Gasteiger partial charge on any atom is 0.326 e. The average Bonchev–Trinajstić information content (AvgIpc) is 3.12. The van der Waals surface area contributed by atoms with E-state index in [-0.39, 0.29) is 12.1 Å². The van der Waals surface area contributed by atoms with Gasteiger partial charge in [-0.3, -0.25) is 9.89 Å². The monoisotopic (exact) mass is 467 g/mol. The average molecular weight is 468 g/mol. The van der Waals surface area contributed by atoms with Gasteiger partial charge in [-0.1, -0.05) is 35.9 Å². The molecule has 33 heavy (non-hydrogen) atoms. The number of hydrogen-bond acceptors (Lipinski definition) is 3. The minimum absolute atomic E-state index is 0.0374. The Bertz CT molecular complexity index is 1190. The number of rotatable bonds is 6. The van der Waals surface area contributed by atoms with Crippen LogP contribution in [0.4, 0.5) is 4.39 Å². The predicted octanol–water partition coefficient (Wildman–Crippen LogP) is 4.89. The largest absolute Gasteiger partial charge is 0.480 e. The molecule has 0 radical (unpaired) electrons. The Kier molecular flexibility index (Phi) is 6.89. The van der Waals surface area contributed by atoms with E-state index in [0.717, 1.165) is 41.7 Å². The number of amides is 1. The van der Waals surface area contributed by atoms with Crippen molar-refractivity contribution < 1.29 is 19.1 Å². The van der Waals surface area contributed by atoms with Gasteiger partial charge in [0.15, 0.2) is 5.69 Å². The summed E-state index contributed by atoms with van der Waals surface area (Å²) in [5.74, 6) is -2.12. The van der Waals surface area contributed by atoms with Gasteiger partial charge in [0, 0.05) is 17.0 Å². The van der Waals surface area contributed by atoms with Crippen LogP contribution >= 0.6 is 11.6 Å². The number of halogens is 2. The topological polar surface area (TPSA) is 95.1 Å². The number of nitrogens with zero attached hydrogens (tertiary/aromatic N) is 1. The summed E-state index contributed by atoms with van der Waals surface area (Å²) in [7, 11) is 0. The molecule has 3 N–H and O–H groups in total. The van der Waals surface area contributed by atoms with Crippen molar-refractivity contribution in [2.75, 3.05) is 0 Å². The van der Waals surface area contributed by atoms with Crippen LogP contribution in [0.3, 0.4) is 0 Å². The first-order valence-electron chi connectivity index (χ1n) is 10.7. The van der Waals surface area contributed by atoms with Crippen molar-refractivity contribution in [1.29, 1.82) is 0 Å². The van der Waals surface area contributed by atoms with Crippen molar-refractivity contribution in [3.8, 4) is 0 Å². The molecule has 4 rings (SSSR count). The van der Waals surface area contributed by atoms with Crippen LogP contribution in [0.1, 0.15) is 52.1 Å². The number of carboxylic acid groups (broad SMARTS) is 1. The van der Waals surface area contributed by atoms with E-state index < -0.39 is 23.7 Å². The molecule has 1 heterocycles. The fraction of sp³-hybridized carbons (Fsp3) is 0.240. The zero-order valence-corrected chi connectivity index (χ0v) is 18.5. The second-order valence-corrected chi connectivity index (χ2v) is 8.49. The van der Waals surface area contributed by atoms with Gasteiger partial charge in [-0.25, -0.2) is 9.18 Å². The number of carbonyl (C=O) groups is 2. The maximum absolute atomic E-state index is 13.2. The summed E-state index contributed by atoms with van der Waals surface area (Å²) in [5.41, 5.74) is 4.44. The van der Waals surface area contributed by atoms with Gasteiger partial charge in [0.2, 0.25) is 0 Å². The predicted molar refractivity (Wildman–Crippen MR) is 124 cm³/mol. The zero-order valence-electron chi connectivity index (χ0n) is 17.8. The molecule has 0 saturated carbocycles. The number of aromatic amines is 1. The van der Waals surface area contributed by atoms with Crippen molar-refractivity contribution in [3.05, 3.63) is 87.4 Å². The van der Waals surface area contributed by atoms with Crippen LogP contribution < -0.4 is 5.32 Å². The van der Waals surface area contributed by atoms with Gasteiger partial charge in [0.05, 0.1) is 5.69 Å². The third-order valence-corrected chi connectivity index (χ3v) is 5.95. The van der Waals surface area contributed by atoms with Gasteiger partial charge in [0.1, 0.15) is 11.9 Å². The third kappa shape index (κ3) is 5.49. The molecule has 1 aliphatic carbocycles. The Labute approximate surface area is 195 Å². The molecule has 0 bridgehead atoms. The summed E-state index contributed by atoms with van der Waals surface area (Å²) in [5, 5.41) is 20.1. The highest BCUT2D eigenvalue weighted by Gasteiger charge is 2.27. The quantitative estimate of drug-likeness (QED) is 0.449. The highest BCUT2D eigenvalue weighted by molar-refractivity contribution is 6.30. The molecule has 0 spiro atoms. The highest BCUT2D eigenvalue weighted by atomic mass is 35.5. The molecule has 1 atom stereocenters. The SMILES string of the molecule is O=C(N[C@H](Cc1ccc(F)cc1)C(=O)O)c1n[nH]c2c1CCCC/C2=C\c1ccc(Cl)cc1. The van der Waals surface area contributed by atoms with Crippen molar-refractivity contribution in [2.45, 2.75) is 38.1 Å².